The molecule has 1 aliphatic heterocycles. The Hall–Kier alpha value is -2.63. The fraction of sp³-hybridized carbons (Fsp3) is 0.214. The molecule has 2 amide bonds. The van der Waals surface area contributed by atoms with Crippen LogP contribution in [0, 0.1) is 0 Å². The molecule has 3 N–H and O–H groups in total. The van der Waals surface area contributed by atoms with Crippen LogP contribution in [0.15, 0.2) is 30.5 Å². The topological polar surface area (TPSA) is 88.3 Å². The summed E-state index contributed by atoms with van der Waals surface area (Å²) in [6.45, 7) is 1.90. The number of benzene rings is 1. The minimum Gasteiger partial charge on any atom is -0.397 e. The van der Waals surface area contributed by atoms with Crippen LogP contribution in [0.25, 0.3) is 10.9 Å². The Morgan fingerprint density at radius 1 is 1.35 bits per heavy atom. The molecular formula is C14H14N4O2. The number of imide groups is 1. The van der Waals surface area contributed by atoms with Gasteiger partial charge < -0.3 is 10.6 Å². The van der Waals surface area contributed by atoms with Crippen molar-refractivity contribution >= 4 is 34.1 Å². The Labute approximate surface area is 115 Å². The van der Waals surface area contributed by atoms with E-state index in [9.17, 15) is 9.59 Å². The van der Waals surface area contributed by atoms with Gasteiger partial charge in [-0.3, -0.25) is 19.9 Å². The molecular weight excluding hydrogens is 256 g/mol. The van der Waals surface area contributed by atoms with Gasteiger partial charge in [0.15, 0.2) is 0 Å². The number of nitrogens with zero attached hydrogens (tertiary/aromatic N) is 2. The number of hydrogen-bond acceptors (Lipinski definition) is 5. The standard InChI is InChI=1S/C14H14N4O2/c1-8-14(20)17-12(19)7-18(8)11-5-4-10(15)13-9(11)3-2-6-16-13/h2-6,8H,7,15H2,1H3,(H,17,19,20). The number of nitrogens with one attached hydrogen (secondary N) is 1. The third-order valence-corrected chi connectivity index (χ3v) is 3.51. The fourth-order valence-corrected chi connectivity index (χ4v) is 2.44. The minimum atomic E-state index is -0.417. The van der Waals surface area contributed by atoms with Crippen molar-refractivity contribution in [2.75, 3.05) is 17.2 Å². The molecule has 3 rings (SSSR count). The molecule has 1 aromatic carbocycles. The monoisotopic (exact) mass is 270 g/mol. The molecule has 0 spiro atoms. The first-order valence-electron chi connectivity index (χ1n) is 6.31. The molecule has 1 aliphatic rings. The van der Waals surface area contributed by atoms with E-state index in [1.165, 1.54) is 0 Å². The molecule has 102 valence electrons. The zero-order valence-corrected chi connectivity index (χ0v) is 11.0. The van der Waals surface area contributed by atoms with E-state index < -0.39 is 6.04 Å². The van der Waals surface area contributed by atoms with Gasteiger partial charge in [-0.05, 0) is 31.2 Å². The molecule has 1 aromatic heterocycles. The number of anilines is 2. The highest BCUT2D eigenvalue weighted by Crippen LogP contribution is 2.31. The summed E-state index contributed by atoms with van der Waals surface area (Å²) in [5.74, 6) is -0.600. The van der Waals surface area contributed by atoms with E-state index in [1.807, 2.05) is 18.2 Å². The number of carbonyl (C=O) groups excluding carboxylic acids is 2. The van der Waals surface area contributed by atoms with Crippen LogP contribution in [0.1, 0.15) is 6.92 Å². The van der Waals surface area contributed by atoms with E-state index in [0.717, 1.165) is 11.1 Å². The molecule has 2 heterocycles. The lowest BCUT2D eigenvalue weighted by Crippen LogP contribution is -2.57. The van der Waals surface area contributed by atoms with E-state index in [-0.39, 0.29) is 18.4 Å². The number of nitrogens with two attached hydrogens (primary N) is 1. The molecule has 1 fully saturated rings. The summed E-state index contributed by atoms with van der Waals surface area (Å²) in [7, 11) is 0. The lowest BCUT2D eigenvalue weighted by Gasteiger charge is -2.34. The molecule has 6 heteroatoms. The van der Waals surface area contributed by atoms with E-state index in [0.29, 0.717) is 11.2 Å². The number of nitrogen functional groups attached to an aromatic ring is 1. The zero-order valence-electron chi connectivity index (χ0n) is 11.0. The van der Waals surface area contributed by atoms with E-state index in [4.69, 9.17) is 5.73 Å². The molecule has 6 nitrogen and oxygen atoms in total. The fourth-order valence-electron chi connectivity index (χ4n) is 2.44. The summed E-state index contributed by atoms with van der Waals surface area (Å²) in [6.07, 6.45) is 1.67. The van der Waals surface area contributed by atoms with Gasteiger partial charge in [0.1, 0.15) is 6.04 Å². The van der Waals surface area contributed by atoms with Gasteiger partial charge in [0.05, 0.1) is 17.7 Å². The van der Waals surface area contributed by atoms with Crippen LogP contribution in [0.2, 0.25) is 0 Å². The smallest absolute Gasteiger partial charge is 0.249 e. The highest BCUT2D eigenvalue weighted by Gasteiger charge is 2.31. The summed E-state index contributed by atoms with van der Waals surface area (Å²) in [6, 6.07) is 6.84. The van der Waals surface area contributed by atoms with Crippen molar-refractivity contribution in [1.82, 2.24) is 10.3 Å². The first-order valence-corrected chi connectivity index (χ1v) is 6.31. The van der Waals surface area contributed by atoms with Crippen molar-refractivity contribution in [3.05, 3.63) is 30.5 Å². The number of aromatic nitrogens is 1. The molecule has 0 bridgehead atoms. The van der Waals surface area contributed by atoms with E-state index in [1.54, 1.807) is 24.1 Å². The van der Waals surface area contributed by atoms with Gasteiger partial charge in [0, 0.05) is 17.3 Å². The van der Waals surface area contributed by atoms with Crippen LogP contribution in [-0.4, -0.2) is 29.4 Å². The number of piperazine rings is 1. The van der Waals surface area contributed by atoms with Gasteiger partial charge in [-0.2, -0.15) is 0 Å². The largest absolute Gasteiger partial charge is 0.397 e. The van der Waals surface area contributed by atoms with E-state index >= 15 is 0 Å². The van der Waals surface area contributed by atoms with Crippen LogP contribution in [0.5, 0.6) is 0 Å². The van der Waals surface area contributed by atoms with Crippen LogP contribution in [0.4, 0.5) is 11.4 Å². The number of pyridine rings is 1. The second-order valence-corrected chi connectivity index (χ2v) is 4.79. The maximum Gasteiger partial charge on any atom is 0.249 e. The minimum absolute atomic E-state index is 0.140. The van der Waals surface area contributed by atoms with E-state index in [2.05, 4.69) is 10.3 Å². The number of hydrogen-bond donors (Lipinski definition) is 2. The molecule has 1 atom stereocenters. The van der Waals surface area contributed by atoms with Crippen molar-refractivity contribution in [3.8, 4) is 0 Å². The van der Waals surface area contributed by atoms with Gasteiger partial charge in [-0.25, -0.2) is 0 Å². The predicted octanol–water partition coefficient (Wildman–Crippen LogP) is 0.668. The number of rotatable bonds is 1. The maximum absolute atomic E-state index is 11.8. The third kappa shape index (κ3) is 1.85. The molecule has 2 aromatic rings. The highest BCUT2D eigenvalue weighted by atomic mass is 16.2. The predicted molar refractivity (Wildman–Crippen MR) is 76.1 cm³/mol. The van der Waals surface area contributed by atoms with Crippen LogP contribution < -0.4 is 16.0 Å². The van der Waals surface area contributed by atoms with Crippen molar-refractivity contribution in [2.45, 2.75) is 13.0 Å². The van der Waals surface area contributed by atoms with Crippen LogP contribution >= 0.6 is 0 Å². The SMILES string of the molecule is CC1C(=O)NC(=O)CN1c1ccc(N)c2ncccc12. The van der Waals surface area contributed by atoms with Gasteiger partial charge >= 0.3 is 0 Å². The normalized spacial score (nSPS) is 19.2. The van der Waals surface area contributed by atoms with Crippen molar-refractivity contribution in [1.29, 1.82) is 0 Å². The first-order chi connectivity index (χ1) is 9.58. The molecule has 0 saturated carbocycles. The van der Waals surface area contributed by atoms with Crippen molar-refractivity contribution in [2.24, 2.45) is 0 Å². The summed E-state index contributed by atoms with van der Waals surface area (Å²) < 4.78 is 0. The second-order valence-electron chi connectivity index (χ2n) is 4.79. The Kier molecular flexibility index (Phi) is 2.78. The first kappa shape index (κ1) is 12.4. The molecule has 1 saturated heterocycles. The zero-order chi connectivity index (χ0) is 14.3. The van der Waals surface area contributed by atoms with Crippen LogP contribution in [0.3, 0.4) is 0 Å². The quantitative estimate of drug-likeness (QED) is 0.587. The molecule has 1 unspecified atom stereocenters. The van der Waals surface area contributed by atoms with Gasteiger partial charge in [-0.15, -0.1) is 0 Å². The maximum atomic E-state index is 11.8. The van der Waals surface area contributed by atoms with Gasteiger partial charge in [0.25, 0.3) is 0 Å². The third-order valence-electron chi connectivity index (χ3n) is 3.51. The summed E-state index contributed by atoms with van der Waals surface area (Å²) >= 11 is 0. The summed E-state index contributed by atoms with van der Waals surface area (Å²) in [5.41, 5.74) is 7.96. The average Bonchev–Trinajstić information content (AvgIpc) is 2.44. The number of fused-ring (bicyclic) bond motifs is 1. The van der Waals surface area contributed by atoms with Crippen molar-refractivity contribution < 1.29 is 9.59 Å². The van der Waals surface area contributed by atoms with Gasteiger partial charge in [-0.1, -0.05) is 0 Å². The van der Waals surface area contributed by atoms with Crippen LogP contribution in [-0.2, 0) is 9.59 Å². The average molecular weight is 270 g/mol. The summed E-state index contributed by atoms with van der Waals surface area (Å²) in [4.78, 5) is 29.4. The second kappa shape index (κ2) is 4.48. The van der Waals surface area contributed by atoms with Crippen molar-refractivity contribution in [3.63, 3.8) is 0 Å². The molecule has 20 heavy (non-hydrogen) atoms. The Bertz CT molecular complexity index is 713. The lowest BCUT2D eigenvalue weighted by atomic mass is 10.1. The summed E-state index contributed by atoms with van der Waals surface area (Å²) in [5, 5.41) is 3.16. The Balaban J connectivity index is 2.17. The van der Waals surface area contributed by atoms with Gasteiger partial charge in [0.2, 0.25) is 11.8 Å². The lowest BCUT2D eigenvalue weighted by molar-refractivity contribution is -0.132. The number of carbonyl (C=O) groups is 2. The Morgan fingerprint density at radius 3 is 2.95 bits per heavy atom. The number of amides is 2. The molecule has 0 radical (unpaired) electrons. The highest BCUT2D eigenvalue weighted by molar-refractivity contribution is 6.07. The Morgan fingerprint density at radius 2 is 2.15 bits per heavy atom. The molecule has 0 aliphatic carbocycles.